The summed E-state index contributed by atoms with van der Waals surface area (Å²) < 4.78 is 7.40. The van der Waals surface area contributed by atoms with Gasteiger partial charge in [0.05, 0.1) is 6.54 Å². The molecule has 3 heterocycles. The maximum absolute atomic E-state index is 12.4. The van der Waals surface area contributed by atoms with Crippen LogP contribution in [0, 0.1) is 6.92 Å². The second-order valence-corrected chi connectivity index (χ2v) is 7.26. The Labute approximate surface area is 178 Å². The van der Waals surface area contributed by atoms with E-state index in [1.807, 2.05) is 36.4 Å². The summed E-state index contributed by atoms with van der Waals surface area (Å²) >= 11 is 0. The van der Waals surface area contributed by atoms with E-state index in [4.69, 9.17) is 15.6 Å². The molecule has 0 aliphatic carbocycles. The number of aliphatic hydroxyl groups excluding tert-OH is 1. The molecule has 4 aromatic rings. The highest BCUT2D eigenvalue weighted by atomic mass is 16.5. The quantitative estimate of drug-likeness (QED) is 0.373. The van der Waals surface area contributed by atoms with E-state index in [0.29, 0.717) is 35.2 Å². The number of aromatic nitrogens is 5. The lowest BCUT2D eigenvalue weighted by Crippen LogP contribution is -2.17. The van der Waals surface area contributed by atoms with Crippen molar-refractivity contribution in [2.45, 2.75) is 32.7 Å². The molecule has 3 aromatic heterocycles. The predicted octanol–water partition coefficient (Wildman–Crippen LogP) is 2.56. The number of nitrogens with zero attached hydrogens (tertiary/aromatic N) is 4. The number of hydrogen-bond acceptors (Lipinski definition) is 7. The number of H-pyrrole nitrogens is 1. The normalized spacial score (nSPS) is 11.2. The molecule has 0 aliphatic heterocycles. The van der Waals surface area contributed by atoms with Crippen LogP contribution in [0.1, 0.15) is 29.9 Å². The Hall–Kier alpha value is -3.72. The van der Waals surface area contributed by atoms with E-state index in [2.05, 4.69) is 19.9 Å². The van der Waals surface area contributed by atoms with Gasteiger partial charge in [0.25, 0.3) is 0 Å². The summed E-state index contributed by atoms with van der Waals surface area (Å²) in [6.07, 6.45) is 2.43. The number of nitrogen functional groups attached to an aromatic ring is 1. The number of nitrogens with two attached hydrogens (primary N) is 1. The van der Waals surface area contributed by atoms with Crippen molar-refractivity contribution in [2.24, 2.45) is 0 Å². The SMILES string of the molecule is Cc1nc(N)c2[nH]c(=O)n(Cc3ccc(Oc4cccc(CCCCO)n4)cc3)c2n1. The molecule has 1 aromatic carbocycles. The minimum absolute atomic E-state index is 0.188. The van der Waals surface area contributed by atoms with Crippen molar-refractivity contribution >= 4 is 17.0 Å². The van der Waals surface area contributed by atoms with Gasteiger partial charge in [0.15, 0.2) is 11.5 Å². The van der Waals surface area contributed by atoms with Crippen molar-refractivity contribution in [1.29, 1.82) is 0 Å². The number of aryl methyl sites for hydroxylation is 2. The van der Waals surface area contributed by atoms with Gasteiger partial charge in [0.1, 0.15) is 17.1 Å². The molecule has 160 valence electrons. The lowest BCUT2D eigenvalue weighted by atomic mass is 10.2. The van der Waals surface area contributed by atoms with Crippen molar-refractivity contribution < 1.29 is 9.84 Å². The van der Waals surface area contributed by atoms with Crippen LogP contribution in [0.5, 0.6) is 11.6 Å². The van der Waals surface area contributed by atoms with Crippen LogP contribution in [0.25, 0.3) is 11.2 Å². The van der Waals surface area contributed by atoms with E-state index in [-0.39, 0.29) is 18.1 Å². The molecular formula is C22H24N6O3. The van der Waals surface area contributed by atoms with Crippen molar-refractivity contribution in [3.05, 3.63) is 70.0 Å². The number of benzene rings is 1. The van der Waals surface area contributed by atoms with Crippen LogP contribution in [-0.2, 0) is 13.0 Å². The third-order valence-electron chi connectivity index (χ3n) is 4.87. The average molecular weight is 420 g/mol. The molecule has 4 rings (SSSR count). The standard InChI is InChI=1S/C22H24N6O3/c1-14-24-20(23)19-21(25-14)28(22(30)27-19)13-15-8-10-17(11-9-15)31-18-7-4-6-16(26-18)5-2-3-12-29/h4,6-11,29H,2-3,5,12-13H2,1H3,(H,27,30)(H2,23,24,25). The number of aliphatic hydroxyl groups is 1. The summed E-state index contributed by atoms with van der Waals surface area (Å²) in [6.45, 7) is 2.26. The first-order chi connectivity index (χ1) is 15.0. The predicted molar refractivity (Wildman–Crippen MR) is 117 cm³/mol. The van der Waals surface area contributed by atoms with Gasteiger partial charge >= 0.3 is 5.69 Å². The molecule has 9 nitrogen and oxygen atoms in total. The number of imidazole rings is 1. The van der Waals surface area contributed by atoms with Crippen LogP contribution in [-0.4, -0.2) is 36.2 Å². The fourth-order valence-electron chi connectivity index (χ4n) is 3.35. The highest BCUT2D eigenvalue weighted by Gasteiger charge is 2.13. The number of ether oxygens (including phenoxy) is 1. The van der Waals surface area contributed by atoms with E-state index in [0.717, 1.165) is 30.5 Å². The molecule has 0 fully saturated rings. The molecule has 9 heteroatoms. The maximum Gasteiger partial charge on any atom is 0.328 e. The monoisotopic (exact) mass is 420 g/mol. The Morgan fingerprint density at radius 3 is 2.68 bits per heavy atom. The zero-order valence-corrected chi connectivity index (χ0v) is 17.2. The van der Waals surface area contributed by atoms with Crippen LogP contribution in [0.2, 0.25) is 0 Å². The van der Waals surface area contributed by atoms with E-state index < -0.39 is 0 Å². The van der Waals surface area contributed by atoms with Crippen molar-refractivity contribution in [1.82, 2.24) is 24.5 Å². The summed E-state index contributed by atoms with van der Waals surface area (Å²) in [5.41, 5.74) is 8.38. The van der Waals surface area contributed by atoms with E-state index >= 15 is 0 Å². The van der Waals surface area contributed by atoms with Gasteiger partial charge < -0.3 is 20.6 Å². The second kappa shape index (κ2) is 8.97. The van der Waals surface area contributed by atoms with Crippen LogP contribution < -0.4 is 16.2 Å². The minimum Gasteiger partial charge on any atom is -0.439 e. The number of rotatable bonds is 8. The smallest absolute Gasteiger partial charge is 0.328 e. The Morgan fingerprint density at radius 2 is 1.90 bits per heavy atom. The van der Waals surface area contributed by atoms with Crippen molar-refractivity contribution in [3.63, 3.8) is 0 Å². The molecule has 0 radical (unpaired) electrons. The minimum atomic E-state index is -0.288. The zero-order chi connectivity index (χ0) is 21.8. The molecule has 0 amide bonds. The number of hydrogen-bond donors (Lipinski definition) is 3. The maximum atomic E-state index is 12.4. The molecular weight excluding hydrogens is 396 g/mol. The number of anilines is 1. The lowest BCUT2D eigenvalue weighted by molar-refractivity contribution is 0.284. The van der Waals surface area contributed by atoms with Crippen LogP contribution in [0.4, 0.5) is 5.82 Å². The molecule has 0 spiro atoms. The number of unbranched alkanes of at least 4 members (excludes halogenated alkanes) is 1. The molecule has 0 unspecified atom stereocenters. The summed E-state index contributed by atoms with van der Waals surface area (Å²) in [5, 5.41) is 8.91. The van der Waals surface area contributed by atoms with Gasteiger partial charge in [-0.3, -0.25) is 4.57 Å². The second-order valence-electron chi connectivity index (χ2n) is 7.26. The number of aromatic amines is 1. The van der Waals surface area contributed by atoms with E-state index in [1.54, 1.807) is 13.0 Å². The summed E-state index contributed by atoms with van der Waals surface area (Å²) in [5.74, 6) is 1.93. The molecule has 0 saturated heterocycles. The third kappa shape index (κ3) is 4.72. The first kappa shape index (κ1) is 20.5. The highest BCUT2D eigenvalue weighted by Crippen LogP contribution is 2.21. The van der Waals surface area contributed by atoms with Crippen molar-refractivity contribution in [2.75, 3.05) is 12.3 Å². The fraction of sp³-hybridized carbons (Fsp3) is 0.273. The first-order valence-corrected chi connectivity index (χ1v) is 10.1. The summed E-state index contributed by atoms with van der Waals surface area (Å²) in [7, 11) is 0. The Kier molecular flexibility index (Phi) is 5.94. The Balaban J connectivity index is 1.48. The number of fused-ring (bicyclic) bond motifs is 1. The first-order valence-electron chi connectivity index (χ1n) is 10.1. The van der Waals surface area contributed by atoms with Gasteiger partial charge in [-0.15, -0.1) is 0 Å². The highest BCUT2D eigenvalue weighted by molar-refractivity contribution is 5.81. The molecule has 31 heavy (non-hydrogen) atoms. The Bertz CT molecular complexity index is 1250. The van der Waals surface area contributed by atoms with Crippen LogP contribution in [0.3, 0.4) is 0 Å². The molecule has 0 saturated carbocycles. The fourth-order valence-corrected chi connectivity index (χ4v) is 3.35. The van der Waals surface area contributed by atoms with E-state index in [1.165, 1.54) is 4.57 Å². The molecule has 0 atom stereocenters. The van der Waals surface area contributed by atoms with Crippen LogP contribution in [0.15, 0.2) is 47.3 Å². The Morgan fingerprint density at radius 1 is 1.10 bits per heavy atom. The van der Waals surface area contributed by atoms with Gasteiger partial charge in [-0.2, -0.15) is 0 Å². The summed E-state index contributed by atoms with van der Waals surface area (Å²) in [4.78, 5) is 28.1. The number of pyridine rings is 1. The van der Waals surface area contributed by atoms with Gasteiger partial charge in [0, 0.05) is 18.4 Å². The number of nitrogens with one attached hydrogen (secondary N) is 1. The van der Waals surface area contributed by atoms with Crippen molar-refractivity contribution in [3.8, 4) is 11.6 Å². The lowest BCUT2D eigenvalue weighted by Gasteiger charge is -2.08. The van der Waals surface area contributed by atoms with Gasteiger partial charge in [-0.05, 0) is 49.9 Å². The topological polar surface area (TPSA) is 132 Å². The molecule has 0 aliphatic rings. The van der Waals surface area contributed by atoms with Gasteiger partial charge in [0.2, 0.25) is 5.88 Å². The third-order valence-corrected chi connectivity index (χ3v) is 4.87. The summed E-state index contributed by atoms with van der Waals surface area (Å²) in [6, 6.07) is 13.1. The molecule has 4 N–H and O–H groups in total. The van der Waals surface area contributed by atoms with Crippen LogP contribution >= 0.6 is 0 Å². The molecule has 0 bridgehead atoms. The average Bonchev–Trinajstić information content (AvgIpc) is 3.06. The van der Waals surface area contributed by atoms with Gasteiger partial charge in [-0.25, -0.2) is 19.7 Å². The zero-order valence-electron chi connectivity index (χ0n) is 17.2. The van der Waals surface area contributed by atoms with E-state index in [9.17, 15) is 4.79 Å². The van der Waals surface area contributed by atoms with Gasteiger partial charge in [-0.1, -0.05) is 18.2 Å². The largest absolute Gasteiger partial charge is 0.439 e.